The van der Waals surface area contributed by atoms with Crippen LogP contribution >= 0.6 is 0 Å². The lowest BCUT2D eigenvalue weighted by molar-refractivity contribution is 0.172. The van der Waals surface area contributed by atoms with Crippen molar-refractivity contribution in [1.82, 2.24) is 25.4 Å². The molecule has 3 heterocycles. The molecule has 2 aromatic heterocycles. The number of hydrogen-bond donors (Lipinski definition) is 2. The van der Waals surface area contributed by atoms with Gasteiger partial charge in [0.15, 0.2) is 0 Å². The molecule has 1 aliphatic heterocycles. The standard InChI is InChI=1S/C31H30FN5/c1-4-28(11-9-21(2)24-7-5-8-27(32)16-24)34-22(3)31-29-17-25(10-12-30(29)35-36-31)26-15-23(18-33-19-26)20-37-13-6-14-37/h4-5,7-12,15-19,34H,2-3,6,13-14,20H2,1H3,(H,35,36)/b11-9-,28-4+. The van der Waals surface area contributed by atoms with Gasteiger partial charge in [0, 0.05) is 35.6 Å². The van der Waals surface area contributed by atoms with E-state index in [0.717, 1.165) is 58.6 Å². The second-order valence-corrected chi connectivity index (χ2v) is 9.26. The van der Waals surface area contributed by atoms with Crippen LogP contribution < -0.4 is 5.32 Å². The van der Waals surface area contributed by atoms with E-state index in [4.69, 9.17) is 0 Å². The minimum atomic E-state index is -0.284. The number of allylic oxidation sites excluding steroid dienone is 4. The summed E-state index contributed by atoms with van der Waals surface area (Å²) in [6.45, 7) is 13.5. The Morgan fingerprint density at radius 1 is 1.08 bits per heavy atom. The smallest absolute Gasteiger partial charge is 0.123 e. The highest BCUT2D eigenvalue weighted by atomic mass is 19.1. The fourth-order valence-electron chi connectivity index (χ4n) is 4.37. The van der Waals surface area contributed by atoms with Gasteiger partial charge in [-0.2, -0.15) is 5.10 Å². The van der Waals surface area contributed by atoms with Crippen LogP contribution in [0.15, 0.2) is 98.0 Å². The summed E-state index contributed by atoms with van der Waals surface area (Å²) in [6, 6.07) is 14.9. The van der Waals surface area contributed by atoms with Crippen LogP contribution in [0.3, 0.4) is 0 Å². The number of halogens is 1. The highest BCUT2D eigenvalue weighted by molar-refractivity contribution is 5.93. The molecule has 0 amide bonds. The van der Waals surface area contributed by atoms with Crippen molar-refractivity contribution in [2.24, 2.45) is 0 Å². The number of hydrogen-bond acceptors (Lipinski definition) is 4. The number of rotatable bonds is 9. The maximum atomic E-state index is 13.6. The zero-order chi connectivity index (χ0) is 25.8. The normalized spacial score (nSPS) is 14.2. The van der Waals surface area contributed by atoms with Crippen LogP contribution in [0.5, 0.6) is 0 Å². The van der Waals surface area contributed by atoms with Crippen molar-refractivity contribution < 1.29 is 4.39 Å². The van der Waals surface area contributed by atoms with E-state index in [0.29, 0.717) is 11.3 Å². The lowest BCUT2D eigenvalue weighted by atomic mass is 10.0. The van der Waals surface area contributed by atoms with Crippen LogP contribution in [0.25, 0.3) is 33.3 Å². The van der Waals surface area contributed by atoms with E-state index >= 15 is 0 Å². The third-order valence-corrected chi connectivity index (χ3v) is 6.60. The quantitative estimate of drug-likeness (QED) is 0.256. The summed E-state index contributed by atoms with van der Waals surface area (Å²) in [4.78, 5) is 6.91. The maximum Gasteiger partial charge on any atom is 0.123 e. The number of nitrogens with zero attached hydrogens (tertiary/aromatic N) is 3. The van der Waals surface area contributed by atoms with Gasteiger partial charge in [0.1, 0.15) is 11.5 Å². The molecule has 0 saturated carbocycles. The average Bonchev–Trinajstić information content (AvgIpc) is 3.32. The lowest BCUT2D eigenvalue weighted by Crippen LogP contribution is -2.36. The first-order chi connectivity index (χ1) is 18.0. The predicted octanol–water partition coefficient (Wildman–Crippen LogP) is 6.70. The molecule has 5 nitrogen and oxygen atoms in total. The van der Waals surface area contributed by atoms with Crippen LogP contribution in [0.1, 0.15) is 30.2 Å². The number of likely N-dealkylation sites (tertiary alicyclic amines) is 1. The maximum absolute atomic E-state index is 13.6. The van der Waals surface area contributed by atoms with Gasteiger partial charge in [-0.3, -0.25) is 15.0 Å². The summed E-state index contributed by atoms with van der Waals surface area (Å²) in [5.41, 5.74) is 8.02. The topological polar surface area (TPSA) is 56.8 Å². The number of nitrogens with one attached hydrogen (secondary N) is 2. The number of benzene rings is 2. The first-order valence-electron chi connectivity index (χ1n) is 12.4. The van der Waals surface area contributed by atoms with Crippen molar-refractivity contribution in [3.8, 4) is 11.1 Å². The first-order valence-corrected chi connectivity index (χ1v) is 12.4. The van der Waals surface area contributed by atoms with Crippen LogP contribution in [0, 0.1) is 5.82 Å². The number of aromatic nitrogens is 3. The number of H-pyrrole nitrogens is 1. The third-order valence-electron chi connectivity index (χ3n) is 6.60. The molecule has 2 N–H and O–H groups in total. The molecule has 0 atom stereocenters. The van der Waals surface area contributed by atoms with Crippen molar-refractivity contribution in [3.05, 3.63) is 121 Å². The molecule has 37 heavy (non-hydrogen) atoms. The molecule has 1 saturated heterocycles. The fraction of sp³-hybridized carbons (Fsp3) is 0.161. The van der Waals surface area contributed by atoms with Crippen molar-refractivity contribution in [2.45, 2.75) is 19.9 Å². The van der Waals surface area contributed by atoms with Gasteiger partial charge in [-0.25, -0.2) is 4.39 Å². The number of pyridine rings is 1. The van der Waals surface area contributed by atoms with E-state index in [2.05, 4.69) is 56.8 Å². The van der Waals surface area contributed by atoms with E-state index in [1.807, 2.05) is 49.7 Å². The van der Waals surface area contributed by atoms with Crippen LogP contribution in [0.2, 0.25) is 0 Å². The molecule has 4 aromatic rings. The summed E-state index contributed by atoms with van der Waals surface area (Å²) in [5.74, 6) is -0.284. The molecule has 186 valence electrons. The van der Waals surface area contributed by atoms with Gasteiger partial charge >= 0.3 is 0 Å². The summed E-state index contributed by atoms with van der Waals surface area (Å²) in [7, 11) is 0. The summed E-state index contributed by atoms with van der Waals surface area (Å²) >= 11 is 0. The van der Waals surface area contributed by atoms with Gasteiger partial charge in [0.2, 0.25) is 0 Å². The van der Waals surface area contributed by atoms with Gasteiger partial charge in [-0.15, -0.1) is 0 Å². The molecule has 0 spiro atoms. The molecule has 0 aliphatic carbocycles. The van der Waals surface area contributed by atoms with Gasteiger partial charge in [0.25, 0.3) is 0 Å². The van der Waals surface area contributed by atoms with Crippen LogP contribution in [-0.2, 0) is 6.54 Å². The molecule has 0 bridgehead atoms. The Morgan fingerprint density at radius 3 is 2.70 bits per heavy atom. The van der Waals surface area contributed by atoms with Crippen LogP contribution in [-0.4, -0.2) is 33.2 Å². The zero-order valence-corrected chi connectivity index (χ0v) is 21.0. The molecule has 1 fully saturated rings. The molecule has 0 radical (unpaired) electrons. The Morgan fingerprint density at radius 2 is 1.95 bits per heavy atom. The molecule has 5 rings (SSSR count). The average molecular weight is 492 g/mol. The molecule has 2 aromatic carbocycles. The largest absolute Gasteiger partial charge is 0.354 e. The predicted molar refractivity (Wildman–Crippen MR) is 150 cm³/mol. The van der Waals surface area contributed by atoms with Crippen molar-refractivity contribution >= 4 is 22.2 Å². The summed E-state index contributed by atoms with van der Waals surface area (Å²) in [5, 5.41) is 12.0. The van der Waals surface area contributed by atoms with E-state index in [-0.39, 0.29) is 5.82 Å². The van der Waals surface area contributed by atoms with E-state index in [1.54, 1.807) is 6.07 Å². The Kier molecular flexibility index (Phi) is 7.10. The minimum absolute atomic E-state index is 0.284. The van der Waals surface area contributed by atoms with Crippen molar-refractivity contribution in [2.75, 3.05) is 13.1 Å². The minimum Gasteiger partial charge on any atom is -0.354 e. The van der Waals surface area contributed by atoms with E-state index in [9.17, 15) is 4.39 Å². The van der Waals surface area contributed by atoms with Gasteiger partial charge in [-0.1, -0.05) is 43.5 Å². The molecule has 1 aliphatic rings. The molecular weight excluding hydrogens is 461 g/mol. The summed E-state index contributed by atoms with van der Waals surface area (Å²) in [6.07, 6.45) is 10.8. The van der Waals surface area contributed by atoms with Crippen LogP contribution in [0.4, 0.5) is 4.39 Å². The first kappa shape index (κ1) is 24.4. The van der Waals surface area contributed by atoms with Gasteiger partial charge < -0.3 is 5.32 Å². The highest BCUT2D eigenvalue weighted by Crippen LogP contribution is 2.28. The van der Waals surface area contributed by atoms with Crippen molar-refractivity contribution in [1.29, 1.82) is 0 Å². The third kappa shape index (κ3) is 5.60. The second-order valence-electron chi connectivity index (χ2n) is 9.26. The Hall–Kier alpha value is -4.29. The van der Waals surface area contributed by atoms with Gasteiger partial charge in [-0.05, 0) is 85.1 Å². The van der Waals surface area contributed by atoms with E-state index < -0.39 is 0 Å². The van der Waals surface area contributed by atoms with Crippen molar-refractivity contribution in [3.63, 3.8) is 0 Å². The second kappa shape index (κ2) is 10.8. The Labute approximate surface area is 216 Å². The fourth-order valence-corrected chi connectivity index (χ4v) is 4.37. The SMILES string of the molecule is C=C(/C=C\C(=C/C)NC(=C)c1n[nH]c2ccc(-c3cncc(CN4CCC4)c3)cc12)c1cccc(F)c1. The molecule has 0 unspecified atom stereocenters. The summed E-state index contributed by atoms with van der Waals surface area (Å²) < 4.78 is 13.6. The van der Waals surface area contributed by atoms with E-state index in [1.165, 1.54) is 24.1 Å². The zero-order valence-electron chi connectivity index (χ0n) is 21.0. The Balaban J connectivity index is 1.33. The molecule has 6 heteroatoms. The monoisotopic (exact) mass is 491 g/mol. The number of fused-ring (bicyclic) bond motifs is 1. The lowest BCUT2D eigenvalue weighted by Gasteiger charge is -2.30. The van der Waals surface area contributed by atoms with Gasteiger partial charge in [0.05, 0.1) is 11.2 Å². The number of aromatic amines is 1. The molecular formula is C31H30FN5. The Bertz CT molecular complexity index is 1520. The highest BCUT2D eigenvalue weighted by Gasteiger charge is 2.15.